The quantitative estimate of drug-likeness (QED) is 0.805. The SMILES string of the molecule is CCCC[C@@H]1O[C@@]1([C@@H](O)C(C)(C)C)S(=O)(=O)c1ccc(C)cc1. The van der Waals surface area contributed by atoms with Crippen LogP contribution in [0, 0.1) is 12.3 Å². The summed E-state index contributed by atoms with van der Waals surface area (Å²) in [4.78, 5) is -1.30. The molecule has 1 aromatic rings. The fraction of sp³-hybridized carbons (Fsp3) is 0.667. The predicted molar refractivity (Wildman–Crippen MR) is 91.0 cm³/mol. The summed E-state index contributed by atoms with van der Waals surface area (Å²) in [6, 6.07) is 6.74. The first-order valence-corrected chi connectivity index (χ1v) is 9.73. The molecular formula is C18H28O4S. The highest BCUT2D eigenvalue weighted by Gasteiger charge is 2.72. The molecule has 1 saturated heterocycles. The van der Waals surface area contributed by atoms with Crippen molar-refractivity contribution in [3.05, 3.63) is 29.8 Å². The Labute approximate surface area is 139 Å². The van der Waals surface area contributed by atoms with Crippen LogP contribution in [-0.2, 0) is 14.6 Å². The number of hydrogen-bond acceptors (Lipinski definition) is 4. The van der Waals surface area contributed by atoms with E-state index < -0.39 is 32.4 Å². The third-order valence-corrected chi connectivity index (χ3v) is 6.81. The average Bonchev–Trinajstić information content (AvgIpc) is 3.20. The van der Waals surface area contributed by atoms with Gasteiger partial charge in [-0.1, -0.05) is 58.2 Å². The van der Waals surface area contributed by atoms with E-state index in [1.165, 1.54) is 0 Å². The number of unbranched alkanes of at least 4 members (excludes halogenated alkanes) is 1. The highest BCUT2D eigenvalue weighted by molar-refractivity contribution is 7.93. The predicted octanol–water partition coefficient (Wildman–Crippen LogP) is 3.46. The summed E-state index contributed by atoms with van der Waals surface area (Å²) in [5, 5.41) is 10.8. The van der Waals surface area contributed by atoms with Gasteiger partial charge in [-0.2, -0.15) is 0 Å². The summed E-state index contributed by atoms with van der Waals surface area (Å²) >= 11 is 0. The second kappa shape index (κ2) is 6.19. The van der Waals surface area contributed by atoms with Gasteiger partial charge in [-0.15, -0.1) is 0 Å². The van der Waals surface area contributed by atoms with Crippen LogP contribution in [0.2, 0.25) is 0 Å². The zero-order valence-electron chi connectivity index (χ0n) is 14.7. The second-order valence-electron chi connectivity index (χ2n) is 7.56. The second-order valence-corrected chi connectivity index (χ2v) is 9.67. The average molecular weight is 340 g/mol. The van der Waals surface area contributed by atoms with E-state index >= 15 is 0 Å². The van der Waals surface area contributed by atoms with Gasteiger partial charge in [-0.25, -0.2) is 8.42 Å². The molecule has 130 valence electrons. The monoisotopic (exact) mass is 340 g/mol. The van der Waals surface area contributed by atoms with Gasteiger partial charge < -0.3 is 9.84 Å². The molecule has 1 N–H and O–H groups in total. The number of aliphatic hydroxyl groups is 1. The smallest absolute Gasteiger partial charge is 0.226 e. The fourth-order valence-electron chi connectivity index (χ4n) is 2.97. The van der Waals surface area contributed by atoms with Crippen molar-refractivity contribution in [2.45, 2.75) is 75.9 Å². The van der Waals surface area contributed by atoms with Gasteiger partial charge in [0.1, 0.15) is 12.2 Å². The highest BCUT2D eigenvalue weighted by Crippen LogP contribution is 2.53. The van der Waals surface area contributed by atoms with E-state index in [0.29, 0.717) is 6.42 Å². The van der Waals surface area contributed by atoms with Crippen molar-refractivity contribution in [3.63, 3.8) is 0 Å². The molecule has 1 aromatic carbocycles. The molecule has 1 fully saturated rings. The molecule has 0 aliphatic carbocycles. The molecule has 1 aliphatic heterocycles. The minimum atomic E-state index is -3.78. The molecule has 1 aliphatic rings. The normalized spacial score (nSPS) is 26.1. The van der Waals surface area contributed by atoms with Gasteiger partial charge >= 0.3 is 0 Å². The maximum Gasteiger partial charge on any atom is 0.226 e. The van der Waals surface area contributed by atoms with E-state index in [4.69, 9.17) is 4.74 Å². The molecule has 0 bridgehead atoms. The lowest BCUT2D eigenvalue weighted by Gasteiger charge is -2.31. The van der Waals surface area contributed by atoms with Crippen molar-refractivity contribution in [2.75, 3.05) is 0 Å². The van der Waals surface area contributed by atoms with Crippen molar-refractivity contribution in [2.24, 2.45) is 5.41 Å². The van der Waals surface area contributed by atoms with E-state index in [1.807, 2.05) is 27.7 Å². The summed E-state index contributed by atoms with van der Waals surface area (Å²) in [5.41, 5.74) is 0.409. The van der Waals surface area contributed by atoms with Crippen LogP contribution in [0.4, 0.5) is 0 Å². The maximum atomic E-state index is 13.2. The van der Waals surface area contributed by atoms with Crippen molar-refractivity contribution >= 4 is 9.84 Å². The Morgan fingerprint density at radius 1 is 1.26 bits per heavy atom. The van der Waals surface area contributed by atoms with Crippen molar-refractivity contribution < 1.29 is 18.3 Å². The van der Waals surface area contributed by atoms with Gasteiger partial charge in [0.05, 0.1) is 4.90 Å². The molecule has 5 heteroatoms. The molecule has 23 heavy (non-hydrogen) atoms. The standard InChI is InChI=1S/C18H28O4S/c1-6-7-8-15-18(22-15,16(19)17(3,4)5)23(20,21)14-11-9-13(2)10-12-14/h9-12,15-16,19H,6-8H2,1-5H3/t15-,16-,18+/m0/s1. The summed E-state index contributed by atoms with van der Waals surface area (Å²) in [5.74, 6) is 0. The Kier molecular flexibility index (Phi) is 4.96. The summed E-state index contributed by atoms with van der Waals surface area (Å²) in [6.07, 6.45) is 0.972. The van der Waals surface area contributed by atoms with E-state index in [-0.39, 0.29) is 4.90 Å². The molecule has 0 saturated carbocycles. The molecule has 1 heterocycles. The van der Waals surface area contributed by atoms with Crippen LogP contribution >= 0.6 is 0 Å². The molecular weight excluding hydrogens is 312 g/mol. The van der Waals surface area contributed by atoms with Crippen molar-refractivity contribution in [1.29, 1.82) is 0 Å². The zero-order chi connectivity index (χ0) is 17.5. The largest absolute Gasteiger partial charge is 0.388 e. The number of rotatable bonds is 6. The van der Waals surface area contributed by atoms with Gasteiger partial charge in [0, 0.05) is 0 Å². The van der Waals surface area contributed by atoms with E-state index in [9.17, 15) is 13.5 Å². The van der Waals surface area contributed by atoms with Crippen molar-refractivity contribution in [1.82, 2.24) is 0 Å². The van der Waals surface area contributed by atoms with Gasteiger partial charge in [-0.3, -0.25) is 0 Å². The Bertz CT molecular complexity index is 643. The number of epoxide rings is 1. The van der Waals surface area contributed by atoms with Crippen LogP contribution in [-0.4, -0.2) is 30.7 Å². The fourth-order valence-corrected chi connectivity index (χ4v) is 5.18. The van der Waals surface area contributed by atoms with Crippen LogP contribution in [0.25, 0.3) is 0 Å². The molecule has 0 spiro atoms. The first-order valence-electron chi connectivity index (χ1n) is 8.24. The lowest BCUT2D eigenvalue weighted by molar-refractivity contribution is 0.0227. The lowest BCUT2D eigenvalue weighted by atomic mass is 9.85. The first-order chi connectivity index (χ1) is 10.6. The molecule has 3 atom stereocenters. The van der Waals surface area contributed by atoms with Crippen LogP contribution in [0.3, 0.4) is 0 Å². The summed E-state index contributed by atoms with van der Waals surface area (Å²) < 4.78 is 32.1. The van der Waals surface area contributed by atoms with E-state index in [2.05, 4.69) is 6.92 Å². The van der Waals surface area contributed by atoms with Gasteiger partial charge in [0.25, 0.3) is 0 Å². The topological polar surface area (TPSA) is 66.9 Å². The third kappa shape index (κ3) is 3.19. The molecule has 0 unspecified atom stereocenters. The molecule has 0 aromatic heterocycles. The Hall–Kier alpha value is -0.910. The number of sulfone groups is 1. The van der Waals surface area contributed by atoms with Gasteiger partial charge in [-0.05, 0) is 30.9 Å². The zero-order valence-corrected chi connectivity index (χ0v) is 15.5. The Morgan fingerprint density at radius 3 is 2.30 bits per heavy atom. The molecule has 4 nitrogen and oxygen atoms in total. The molecule has 2 rings (SSSR count). The summed E-state index contributed by atoms with van der Waals surface area (Å²) in [6.45, 7) is 9.47. The Balaban J connectivity index is 2.45. The van der Waals surface area contributed by atoms with Crippen LogP contribution in [0.5, 0.6) is 0 Å². The third-order valence-electron chi connectivity index (χ3n) is 4.49. The number of ether oxygens (including phenoxy) is 1. The lowest BCUT2D eigenvalue weighted by Crippen LogP contribution is -2.47. The maximum absolute atomic E-state index is 13.2. The number of hydrogen-bond donors (Lipinski definition) is 1. The van der Waals surface area contributed by atoms with Crippen LogP contribution < -0.4 is 0 Å². The minimum Gasteiger partial charge on any atom is -0.388 e. The van der Waals surface area contributed by atoms with Crippen molar-refractivity contribution in [3.8, 4) is 0 Å². The minimum absolute atomic E-state index is 0.213. The molecule has 0 radical (unpaired) electrons. The van der Waals surface area contributed by atoms with Gasteiger partial charge in [0.2, 0.25) is 14.8 Å². The number of aliphatic hydroxyl groups excluding tert-OH is 1. The number of benzene rings is 1. The van der Waals surface area contributed by atoms with E-state index in [1.54, 1.807) is 24.3 Å². The van der Waals surface area contributed by atoms with Crippen LogP contribution in [0.1, 0.15) is 52.5 Å². The molecule has 0 amide bonds. The summed E-state index contributed by atoms with van der Waals surface area (Å²) in [7, 11) is -3.78. The highest BCUT2D eigenvalue weighted by atomic mass is 32.2. The van der Waals surface area contributed by atoms with Crippen LogP contribution in [0.15, 0.2) is 29.2 Å². The first kappa shape index (κ1) is 18.4. The van der Waals surface area contributed by atoms with Gasteiger partial charge in [0.15, 0.2) is 0 Å². The Morgan fingerprint density at radius 2 is 1.83 bits per heavy atom. The number of aryl methyl sites for hydroxylation is 1. The van der Waals surface area contributed by atoms with E-state index in [0.717, 1.165) is 18.4 Å².